The minimum Gasteiger partial charge on any atom is -0.491 e. The number of nitrogens with two attached hydrogens (primary N) is 1. The summed E-state index contributed by atoms with van der Waals surface area (Å²) >= 11 is 12.0. The van der Waals surface area contributed by atoms with E-state index in [2.05, 4.69) is 0 Å². The Hall–Kier alpha value is -2.40. The summed E-state index contributed by atoms with van der Waals surface area (Å²) in [6.07, 6.45) is 0.631. The van der Waals surface area contributed by atoms with E-state index in [-0.39, 0.29) is 11.9 Å². The molecular weight excluding hydrogens is 412 g/mol. The van der Waals surface area contributed by atoms with Crippen LogP contribution in [0, 0.1) is 5.82 Å². The van der Waals surface area contributed by atoms with Gasteiger partial charge >= 0.3 is 0 Å². The molecule has 0 aromatic heterocycles. The Labute approximate surface area is 179 Å². The minimum atomic E-state index is -1.41. The summed E-state index contributed by atoms with van der Waals surface area (Å²) in [5.41, 5.74) is 7.08. The third-order valence-corrected chi connectivity index (χ3v) is 5.31. The Morgan fingerprint density at radius 1 is 0.966 bits per heavy atom. The number of aldehydes is 1. The first-order valence-corrected chi connectivity index (χ1v) is 9.78. The number of rotatable bonds is 6. The van der Waals surface area contributed by atoms with Gasteiger partial charge in [0.1, 0.15) is 23.4 Å². The molecule has 0 aliphatic rings. The highest BCUT2D eigenvalue weighted by molar-refractivity contribution is 6.42. The molecule has 3 aromatic carbocycles. The molecule has 150 valence electrons. The first-order chi connectivity index (χ1) is 13.7. The second-order valence-corrected chi connectivity index (χ2v) is 7.82. The molecule has 0 heterocycles. The maximum atomic E-state index is 14.4. The smallest absolute Gasteiger partial charge is 0.148 e. The van der Waals surface area contributed by atoms with Crippen LogP contribution in [0.1, 0.15) is 25.0 Å². The molecular formula is C23H20Cl2FNO2. The van der Waals surface area contributed by atoms with E-state index in [0.29, 0.717) is 44.3 Å². The zero-order valence-corrected chi connectivity index (χ0v) is 17.5. The highest BCUT2D eigenvalue weighted by Gasteiger charge is 2.30. The van der Waals surface area contributed by atoms with Crippen molar-refractivity contribution in [1.82, 2.24) is 0 Å². The zero-order chi connectivity index (χ0) is 21.2. The van der Waals surface area contributed by atoms with Crippen LogP contribution in [0.3, 0.4) is 0 Å². The van der Waals surface area contributed by atoms with Crippen molar-refractivity contribution in [3.05, 3.63) is 87.7 Å². The lowest BCUT2D eigenvalue weighted by atomic mass is 9.84. The maximum Gasteiger partial charge on any atom is 0.148 e. The van der Waals surface area contributed by atoms with Crippen molar-refractivity contribution < 1.29 is 13.9 Å². The second kappa shape index (κ2) is 8.54. The highest BCUT2D eigenvalue weighted by Crippen LogP contribution is 2.33. The van der Waals surface area contributed by atoms with E-state index in [4.69, 9.17) is 33.7 Å². The summed E-state index contributed by atoms with van der Waals surface area (Å²) in [7, 11) is 0. The molecule has 0 spiro atoms. The number of hydrogen-bond donors (Lipinski definition) is 1. The second-order valence-electron chi connectivity index (χ2n) is 7.00. The Bertz CT molecular complexity index is 1040. The van der Waals surface area contributed by atoms with Crippen LogP contribution in [-0.4, -0.2) is 12.4 Å². The van der Waals surface area contributed by atoms with Gasteiger partial charge in [0.05, 0.1) is 16.1 Å². The quantitative estimate of drug-likeness (QED) is 0.487. The van der Waals surface area contributed by atoms with Crippen molar-refractivity contribution in [3.63, 3.8) is 0 Å². The average molecular weight is 432 g/mol. The highest BCUT2D eigenvalue weighted by atomic mass is 35.5. The maximum absolute atomic E-state index is 14.4. The van der Waals surface area contributed by atoms with Crippen LogP contribution < -0.4 is 10.5 Å². The monoisotopic (exact) mass is 431 g/mol. The van der Waals surface area contributed by atoms with Crippen molar-refractivity contribution in [3.8, 4) is 16.9 Å². The Morgan fingerprint density at radius 2 is 1.62 bits per heavy atom. The number of carbonyl (C=O) groups is 1. The molecule has 0 amide bonds. The van der Waals surface area contributed by atoms with Crippen molar-refractivity contribution in [2.45, 2.75) is 25.5 Å². The van der Waals surface area contributed by atoms with Gasteiger partial charge in [0, 0.05) is 5.56 Å². The van der Waals surface area contributed by atoms with Crippen molar-refractivity contribution >= 4 is 29.5 Å². The molecule has 0 radical (unpaired) electrons. The van der Waals surface area contributed by atoms with Gasteiger partial charge in [0.2, 0.25) is 0 Å². The van der Waals surface area contributed by atoms with E-state index in [1.165, 1.54) is 6.07 Å². The number of ether oxygens (including phenoxy) is 1. The van der Waals surface area contributed by atoms with Gasteiger partial charge in [-0.05, 0) is 60.9 Å². The molecule has 1 atom stereocenters. The third kappa shape index (κ3) is 4.45. The number of carbonyl (C=O) groups excluding carboxylic acids is 1. The third-order valence-electron chi connectivity index (χ3n) is 4.57. The van der Waals surface area contributed by atoms with Crippen LogP contribution >= 0.6 is 23.2 Å². The first kappa shape index (κ1) is 21.3. The number of benzene rings is 3. The SMILES string of the molecule is CC(C)Oc1ccc(F)c(-c2ccc(C(N)(C=O)c3ccc(Cl)c(Cl)c3)cc2)c1. The van der Waals surface area contributed by atoms with Crippen LogP contribution in [0.4, 0.5) is 4.39 Å². The summed E-state index contributed by atoms with van der Waals surface area (Å²) in [6, 6.07) is 16.3. The molecule has 3 aromatic rings. The molecule has 3 nitrogen and oxygen atoms in total. The molecule has 6 heteroatoms. The zero-order valence-electron chi connectivity index (χ0n) is 16.0. The van der Waals surface area contributed by atoms with Gasteiger partial charge in [-0.1, -0.05) is 53.5 Å². The Morgan fingerprint density at radius 3 is 2.21 bits per heavy atom. The topological polar surface area (TPSA) is 52.3 Å². The molecule has 0 saturated carbocycles. The summed E-state index contributed by atoms with van der Waals surface area (Å²) in [4.78, 5) is 11.9. The first-order valence-electron chi connectivity index (χ1n) is 9.02. The molecule has 1 unspecified atom stereocenters. The van der Waals surface area contributed by atoms with Crippen LogP contribution in [0.25, 0.3) is 11.1 Å². The Balaban J connectivity index is 1.99. The van der Waals surface area contributed by atoms with Gasteiger partial charge in [0.25, 0.3) is 0 Å². The molecule has 0 bridgehead atoms. The molecule has 0 aliphatic carbocycles. The van der Waals surface area contributed by atoms with E-state index in [1.54, 1.807) is 54.6 Å². The average Bonchev–Trinajstić information content (AvgIpc) is 2.70. The van der Waals surface area contributed by atoms with Gasteiger partial charge in [-0.25, -0.2) is 4.39 Å². The summed E-state index contributed by atoms with van der Waals surface area (Å²) < 4.78 is 20.0. The normalized spacial score (nSPS) is 13.2. The Kier molecular flexibility index (Phi) is 6.27. The van der Waals surface area contributed by atoms with E-state index in [0.717, 1.165) is 0 Å². The number of hydrogen-bond acceptors (Lipinski definition) is 3. The van der Waals surface area contributed by atoms with Gasteiger partial charge in [-0.15, -0.1) is 0 Å². The van der Waals surface area contributed by atoms with Crippen LogP contribution in [-0.2, 0) is 10.3 Å². The van der Waals surface area contributed by atoms with E-state index in [9.17, 15) is 9.18 Å². The summed E-state index contributed by atoms with van der Waals surface area (Å²) in [5, 5.41) is 0.680. The van der Waals surface area contributed by atoms with Crippen molar-refractivity contribution in [2.75, 3.05) is 0 Å². The lowest BCUT2D eigenvalue weighted by Crippen LogP contribution is -2.39. The molecule has 3 rings (SSSR count). The van der Waals surface area contributed by atoms with Crippen molar-refractivity contribution in [1.29, 1.82) is 0 Å². The molecule has 29 heavy (non-hydrogen) atoms. The summed E-state index contributed by atoms with van der Waals surface area (Å²) in [6.45, 7) is 3.81. The predicted molar refractivity (Wildman–Crippen MR) is 115 cm³/mol. The van der Waals surface area contributed by atoms with Gasteiger partial charge in [-0.3, -0.25) is 0 Å². The van der Waals surface area contributed by atoms with Gasteiger partial charge in [0.15, 0.2) is 0 Å². The van der Waals surface area contributed by atoms with E-state index < -0.39 is 5.54 Å². The molecule has 2 N–H and O–H groups in total. The van der Waals surface area contributed by atoms with Gasteiger partial charge in [-0.2, -0.15) is 0 Å². The van der Waals surface area contributed by atoms with Crippen LogP contribution in [0.15, 0.2) is 60.7 Å². The fourth-order valence-corrected chi connectivity index (χ4v) is 3.35. The molecule has 0 fully saturated rings. The van der Waals surface area contributed by atoms with Crippen molar-refractivity contribution in [2.24, 2.45) is 5.73 Å². The predicted octanol–water partition coefficient (Wildman–Crippen LogP) is 5.99. The van der Waals surface area contributed by atoms with E-state index in [1.807, 2.05) is 13.8 Å². The standard InChI is InChI=1S/C23H20Cl2FNO2/c1-14(2)29-18-8-10-22(26)19(12-18)15-3-5-16(6-4-15)23(27,13-28)17-7-9-20(24)21(25)11-17/h3-14H,27H2,1-2H3. The van der Waals surface area contributed by atoms with Crippen LogP contribution in [0.2, 0.25) is 10.0 Å². The number of halogens is 3. The lowest BCUT2D eigenvalue weighted by molar-refractivity contribution is -0.111. The summed E-state index contributed by atoms with van der Waals surface area (Å²) in [5.74, 6) is 0.213. The largest absolute Gasteiger partial charge is 0.491 e. The van der Waals surface area contributed by atoms with Crippen LogP contribution in [0.5, 0.6) is 5.75 Å². The van der Waals surface area contributed by atoms with E-state index >= 15 is 0 Å². The fraction of sp³-hybridized carbons (Fsp3) is 0.174. The molecule has 0 saturated heterocycles. The molecule has 0 aliphatic heterocycles. The minimum absolute atomic E-state index is 0.0210. The lowest BCUT2D eigenvalue weighted by Gasteiger charge is -2.25. The fourth-order valence-electron chi connectivity index (χ4n) is 3.05. The van der Waals surface area contributed by atoms with Gasteiger partial charge < -0.3 is 15.3 Å².